The number of benzene rings is 3. The summed E-state index contributed by atoms with van der Waals surface area (Å²) < 4.78 is 11.0. The van der Waals surface area contributed by atoms with Gasteiger partial charge in [-0.05, 0) is 62.7 Å². The zero-order valence-corrected chi connectivity index (χ0v) is 19.7. The summed E-state index contributed by atoms with van der Waals surface area (Å²) in [4.78, 5) is 28.2. The number of rotatable bonds is 6. The molecule has 1 unspecified atom stereocenters. The molecule has 0 radical (unpaired) electrons. The van der Waals surface area contributed by atoms with Gasteiger partial charge in [0.2, 0.25) is 0 Å². The van der Waals surface area contributed by atoms with Crippen LogP contribution < -0.4 is 14.4 Å². The number of para-hydroxylation sites is 1. The van der Waals surface area contributed by atoms with Gasteiger partial charge in [-0.1, -0.05) is 35.9 Å². The standard InChI is InChI=1S/C28H27NO5/c1-5-34-20-13-11-19(12-14-20)26(30)24-25(21-8-6-7-9-23(21)33-4)29(28(32)27(24)31)22-15-10-17(2)16-18(22)3/h6-16,25,30H,5H2,1-4H3/b26-24+. The third-order valence-electron chi connectivity index (χ3n) is 5.93. The second-order valence-electron chi connectivity index (χ2n) is 8.16. The number of Topliss-reactive ketones (excluding diaryl/α,β-unsaturated/α-hetero) is 1. The number of aliphatic hydroxyl groups excluding tert-OH is 1. The number of methoxy groups -OCH3 is 1. The molecule has 0 bridgehead atoms. The first-order chi connectivity index (χ1) is 16.4. The number of aryl methyl sites for hydroxylation is 2. The number of hydrogen-bond acceptors (Lipinski definition) is 5. The topological polar surface area (TPSA) is 76.1 Å². The summed E-state index contributed by atoms with van der Waals surface area (Å²) in [5.74, 6) is -0.528. The molecule has 1 aliphatic heterocycles. The van der Waals surface area contributed by atoms with Gasteiger partial charge >= 0.3 is 0 Å². The van der Waals surface area contributed by atoms with Gasteiger partial charge in [0.25, 0.3) is 11.7 Å². The van der Waals surface area contributed by atoms with Crippen LogP contribution in [0.25, 0.3) is 5.76 Å². The molecule has 1 heterocycles. The van der Waals surface area contributed by atoms with Crippen molar-refractivity contribution in [1.82, 2.24) is 0 Å². The number of hydrogen-bond donors (Lipinski definition) is 1. The van der Waals surface area contributed by atoms with E-state index in [-0.39, 0.29) is 11.3 Å². The van der Waals surface area contributed by atoms with Crippen LogP contribution in [0, 0.1) is 13.8 Å². The predicted octanol–water partition coefficient (Wildman–Crippen LogP) is 5.34. The molecule has 34 heavy (non-hydrogen) atoms. The summed E-state index contributed by atoms with van der Waals surface area (Å²) >= 11 is 0. The van der Waals surface area contributed by atoms with Crippen molar-refractivity contribution >= 4 is 23.1 Å². The lowest BCUT2D eigenvalue weighted by Gasteiger charge is -2.28. The van der Waals surface area contributed by atoms with Crippen molar-refractivity contribution in [2.75, 3.05) is 18.6 Å². The number of ketones is 1. The molecule has 0 saturated carbocycles. The van der Waals surface area contributed by atoms with E-state index in [1.807, 2.05) is 51.1 Å². The summed E-state index contributed by atoms with van der Waals surface area (Å²) in [6.07, 6.45) is 0. The van der Waals surface area contributed by atoms with Crippen molar-refractivity contribution < 1.29 is 24.2 Å². The molecule has 1 aliphatic rings. The van der Waals surface area contributed by atoms with E-state index in [2.05, 4.69) is 0 Å². The molecule has 0 aliphatic carbocycles. The number of amides is 1. The Morgan fingerprint density at radius 2 is 1.71 bits per heavy atom. The minimum absolute atomic E-state index is 0.0126. The zero-order chi connectivity index (χ0) is 24.4. The lowest BCUT2D eigenvalue weighted by molar-refractivity contribution is -0.132. The Morgan fingerprint density at radius 3 is 2.35 bits per heavy atom. The number of nitrogens with zero attached hydrogens (tertiary/aromatic N) is 1. The smallest absolute Gasteiger partial charge is 0.300 e. The van der Waals surface area contributed by atoms with E-state index in [1.165, 1.54) is 12.0 Å². The molecule has 1 N–H and O–H groups in total. The number of carbonyl (C=O) groups excluding carboxylic acids is 2. The Balaban J connectivity index is 1.95. The third-order valence-corrected chi connectivity index (χ3v) is 5.93. The van der Waals surface area contributed by atoms with Crippen LogP contribution in [0.5, 0.6) is 11.5 Å². The highest BCUT2D eigenvalue weighted by Gasteiger charge is 2.48. The van der Waals surface area contributed by atoms with Crippen LogP contribution in [0.15, 0.2) is 72.3 Å². The van der Waals surface area contributed by atoms with Crippen LogP contribution in [-0.4, -0.2) is 30.5 Å². The largest absolute Gasteiger partial charge is 0.507 e. The van der Waals surface area contributed by atoms with Crippen LogP contribution >= 0.6 is 0 Å². The molecule has 0 spiro atoms. The minimum atomic E-state index is -0.857. The highest BCUT2D eigenvalue weighted by molar-refractivity contribution is 6.51. The molecule has 1 fully saturated rings. The lowest BCUT2D eigenvalue weighted by atomic mass is 9.94. The van der Waals surface area contributed by atoms with Crippen LogP contribution in [-0.2, 0) is 9.59 Å². The molecule has 3 aromatic carbocycles. The Kier molecular flexibility index (Phi) is 6.41. The molecule has 3 aromatic rings. The first-order valence-electron chi connectivity index (χ1n) is 11.1. The zero-order valence-electron chi connectivity index (χ0n) is 19.7. The molecule has 6 heteroatoms. The molecule has 1 saturated heterocycles. The summed E-state index contributed by atoms with van der Waals surface area (Å²) in [7, 11) is 1.54. The average molecular weight is 458 g/mol. The van der Waals surface area contributed by atoms with E-state index in [0.717, 1.165) is 11.1 Å². The van der Waals surface area contributed by atoms with Crippen molar-refractivity contribution in [3.63, 3.8) is 0 Å². The number of carbonyl (C=O) groups is 2. The van der Waals surface area contributed by atoms with Crippen LogP contribution in [0.2, 0.25) is 0 Å². The molecular formula is C28H27NO5. The second kappa shape index (κ2) is 9.43. The van der Waals surface area contributed by atoms with Gasteiger partial charge < -0.3 is 14.6 Å². The van der Waals surface area contributed by atoms with Crippen LogP contribution in [0.4, 0.5) is 5.69 Å². The van der Waals surface area contributed by atoms with Crippen molar-refractivity contribution in [1.29, 1.82) is 0 Å². The van der Waals surface area contributed by atoms with Gasteiger partial charge in [0.05, 0.1) is 25.3 Å². The predicted molar refractivity (Wildman–Crippen MR) is 131 cm³/mol. The highest BCUT2D eigenvalue weighted by Crippen LogP contribution is 2.45. The van der Waals surface area contributed by atoms with Gasteiger partial charge in [-0.3, -0.25) is 14.5 Å². The molecule has 4 rings (SSSR count). The molecular weight excluding hydrogens is 430 g/mol. The molecule has 1 amide bonds. The van der Waals surface area contributed by atoms with Gasteiger partial charge in [0, 0.05) is 16.8 Å². The van der Waals surface area contributed by atoms with Gasteiger partial charge in [0.1, 0.15) is 17.3 Å². The summed E-state index contributed by atoms with van der Waals surface area (Å²) in [6.45, 7) is 6.26. The highest BCUT2D eigenvalue weighted by atomic mass is 16.5. The Morgan fingerprint density at radius 1 is 1.00 bits per heavy atom. The molecule has 6 nitrogen and oxygen atoms in total. The van der Waals surface area contributed by atoms with Crippen LogP contribution in [0.3, 0.4) is 0 Å². The van der Waals surface area contributed by atoms with Gasteiger partial charge in [-0.2, -0.15) is 0 Å². The first-order valence-corrected chi connectivity index (χ1v) is 11.1. The summed E-state index contributed by atoms with van der Waals surface area (Å²) in [5.41, 5.74) is 3.54. The first kappa shape index (κ1) is 23.1. The van der Waals surface area contributed by atoms with E-state index < -0.39 is 17.7 Å². The van der Waals surface area contributed by atoms with E-state index >= 15 is 0 Å². The fraction of sp³-hybridized carbons (Fsp3) is 0.214. The summed E-state index contributed by atoms with van der Waals surface area (Å²) in [6, 6.07) is 18.8. The maximum atomic E-state index is 13.4. The summed E-state index contributed by atoms with van der Waals surface area (Å²) in [5, 5.41) is 11.3. The van der Waals surface area contributed by atoms with Crippen molar-refractivity contribution in [3.05, 3.63) is 94.6 Å². The van der Waals surface area contributed by atoms with Gasteiger partial charge in [-0.15, -0.1) is 0 Å². The molecule has 174 valence electrons. The minimum Gasteiger partial charge on any atom is -0.507 e. The fourth-order valence-corrected chi connectivity index (χ4v) is 4.37. The van der Waals surface area contributed by atoms with Crippen molar-refractivity contribution in [2.45, 2.75) is 26.8 Å². The number of anilines is 1. The van der Waals surface area contributed by atoms with Crippen molar-refractivity contribution in [2.24, 2.45) is 0 Å². The molecule has 1 atom stereocenters. The maximum absolute atomic E-state index is 13.4. The second-order valence-corrected chi connectivity index (χ2v) is 8.16. The van der Waals surface area contributed by atoms with E-state index in [9.17, 15) is 14.7 Å². The number of ether oxygens (including phenoxy) is 2. The molecule has 0 aromatic heterocycles. The lowest BCUT2D eigenvalue weighted by Crippen LogP contribution is -2.30. The average Bonchev–Trinajstić information content (AvgIpc) is 3.09. The fourth-order valence-electron chi connectivity index (χ4n) is 4.37. The Bertz CT molecular complexity index is 1280. The van der Waals surface area contributed by atoms with E-state index in [0.29, 0.717) is 34.9 Å². The Labute approximate surface area is 199 Å². The quantitative estimate of drug-likeness (QED) is 0.307. The number of aliphatic hydroxyl groups is 1. The van der Waals surface area contributed by atoms with Gasteiger partial charge in [-0.25, -0.2) is 0 Å². The van der Waals surface area contributed by atoms with Crippen LogP contribution in [0.1, 0.15) is 35.2 Å². The van der Waals surface area contributed by atoms with Crippen molar-refractivity contribution in [3.8, 4) is 11.5 Å². The van der Waals surface area contributed by atoms with E-state index in [1.54, 1.807) is 36.4 Å². The maximum Gasteiger partial charge on any atom is 0.300 e. The van der Waals surface area contributed by atoms with Gasteiger partial charge in [0.15, 0.2) is 0 Å². The SMILES string of the molecule is CCOc1ccc(/C(O)=C2\C(=O)C(=O)N(c3ccc(C)cc3C)C2c2ccccc2OC)cc1. The monoisotopic (exact) mass is 457 g/mol. The Hall–Kier alpha value is -4.06. The van der Waals surface area contributed by atoms with E-state index in [4.69, 9.17) is 9.47 Å². The third kappa shape index (κ3) is 4.03. The normalized spacial score (nSPS) is 17.2.